The highest BCUT2D eigenvalue weighted by molar-refractivity contribution is 5.78. The molecule has 19 heavy (non-hydrogen) atoms. The number of likely N-dealkylation sites (N-methyl/N-ethyl adjacent to an activating group) is 1. The Morgan fingerprint density at radius 1 is 1.47 bits per heavy atom. The Balaban J connectivity index is 2.53. The molecule has 0 heterocycles. The largest absolute Gasteiger partial charge is 0.497 e. The van der Waals surface area contributed by atoms with Crippen molar-refractivity contribution in [1.29, 1.82) is 0 Å². The van der Waals surface area contributed by atoms with Crippen LogP contribution >= 0.6 is 0 Å². The maximum absolute atomic E-state index is 12.1. The number of amides is 1. The molecule has 0 aliphatic carbocycles. The summed E-state index contributed by atoms with van der Waals surface area (Å²) in [7, 11) is 3.49. The van der Waals surface area contributed by atoms with E-state index in [0.29, 0.717) is 13.1 Å². The Morgan fingerprint density at radius 3 is 2.79 bits per heavy atom. The Hall–Kier alpha value is -1.55. The third-order valence-electron chi connectivity index (χ3n) is 3.37. The number of hydrogen-bond donors (Lipinski definition) is 1. The van der Waals surface area contributed by atoms with Crippen LogP contribution in [0.1, 0.15) is 18.9 Å². The molecule has 0 radical (unpaired) electrons. The van der Waals surface area contributed by atoms with Crippen molar-refractivity contribution in [2.75, 3.05) is 27.2 Å². The summed E-state index contributed by atoms with van der Waals surface area (Å²) < 4.78 is 5.19. The zero-order valence-corrected chi connectivity index (χ0v) is 12.1. The van der Waals surface area contributed by atoms with Crippen molar-refractivity contribution in [3.05, 3.63) is 29.8 Å². The fourth-order valence-corrected chi connectivity index (χ4v) is 1.99. The Morgan fingerprint density at radius 2 is 2.21 bits per heavy atom. The average Bonchev–Trinajstić information content (AvgIpc) is 2.46. The number of nitrogens with two attached hydrogens (primary N) is 1. The molecule has 1 amide bonds. The molecule has 0 saturated carbocycles. The summed E-state index contributed by atoms with van der Waals surface area (Å²) in [5, 5.41) is 0. The summed E-state index contributed by atoms with van der Waals surface area (Å²) >= 11 is 0. The second-order valence-corrected chi connectivity index (χ2v) is 4.70. The number of benzene rings is 1. The van der Waals surface area contributed by atoms with Crippen LogP contribution in [0.25, 0.3) is 0 Å². The van der Waals surface area contributed by atoms with Gasteiger partial charge in [-0.05, 0) is 30.5 Å². The van der Waals surface area contributed by atoms with Crippen molar-refractivity contribution >= 4 is 5.91 Å². The van der Waals surface area contributed by atoms with E-state index >= 15 is 0 Å². The minimum atomic E-state index is -0.0599. The maximum Gasteiger partial charge on any atom is 0.226 e. The van der Waals surface area contributed by atoms with Gasteiger partial charge in [0.2, 0.25) is 5.91 Å². The lowest BCUT2D eigenvalue weighted by Gasteiger charge is -2.22. The first-order chi connectivity index (χ1) is 9.12. The monoisotopic (exact) mass is 264 g/mol. The van der Waals surface area contributed by atoms with Crippen molar-refractivity contribution in [3.8, 4) is 5.75 Å². The Kier molecular flexibility index (Phi) is 6.36. The average molecular weight is 264 g/mol. The van der Waals surface area contributed by atoms with E-state index < -0.39 is 0 Å². The molecule has 0 aromatic heterocycles. The first-order valence-corrected chi connectivity index (χ1v) is 6.70. The first-order valence-electron chi connectivity index (χ1n) is 6.70. The summed E-state index contributed by atoms with van der Waals surface area (Å²) in [6, 6.07) is 7.92. The van der Waals surface area contributed by atoms with Crippen molar-refractivity contribution in [3.63, 3.8) is 0 Å². The third kappa shape index (κ3) is 4.56. The van der Waals surface area contributed by atoms with Crippen LogP contribution in [0.3, 0.4) is 0 Å². The van der Waals surface area contributed by atoms with Gasteiger partial charge in [-0.25, -0.2) is 0 Å². The molecule has 0 spiro atoms. The molecular weight excluding hydrogens is 240 g/mol. The van der Waals surface area contributed by atoms with E-state index in [-0.39, 0.29) is 11.8 Å². The van der Waals surface area contributed by atoms with Crippen molar-refractivity contribution in [1.82, 2.24) is 4.90 Å². The van der Waals surface area contributed by atoms with Crippen molar-refractivity contribution < 1.29 is 9.53 Å². The van der Waals surface area contributed by atoms with E-state index in [4.69, 9.17) is 10.5 Å². The predicted molar refractivity (Wildman–Crippen MR) is 77.2 cm³/mol. The van der Waals surface area contributed by atoms with Gasteiger partial charge in [0.15, 0.2) is 0 Å². The van der Waals surface area contributed by atoms with E-state index in [0.717, 1.165) is 18.6 Å². The summed E-state index contributed by atoms with van der Waals surface area (Å²) in [5.74, 6) is 0.920. The minimum Gasteiger partial charge on any atom is -0.497 e. The topological polar surface area (TPSA) is 55.6 Å². The zero-order valence-electron chi connectivity index (χ0n) is 12.1. The molecule has 0 saturated heterocycles. The van der Waals surface area contributed by atoms with Gasteiger partial charge in [0.1, 0.15) is 5.75 Å². The molecule has 1 aromatic carbocycles. The summed E-state index contributed by atoms with van der Waals surface area (Å²) in [6.45, 7) is 3.10. The predicted octanol–water partition coefficient (Wildman–Crippen LogP) is 1.68. The van der Waals surface area contributed by atoms with Crippen LogP contribution in [0.15, 0.2) is 24.3 Å². The lowest BCUT2D eigenvalue weighted by atomic mass is 10.1. The van der Waals surface area contributed by atoms with Crippen molar-refractivity contribution in [2.24, 2.45) is 11.7 Å². The lowest BCUT2D eigenvalue weighted by Crippen LogP contribution is -2.37. The van der Waals surface area contributed by atoms with E-state index in [2.05, 4.69) is 0 Å². The number of ether oxygens (including phenoxy) is 1. The third-order valence-corrected chi connectivity index (χ3v) is 3.37. The molecule has 1 aromatic rings. The van der Waals surface area contributed by atoms with Gasteiger partial charge in [-0.15, -0.1) is 0 Å². The SMILES string of the molecule is CCC(CN)C(=O)N(C)CCc1cccc(OC)c1. The second-order valence-electron chi connectivity index (χ2n) is 4.70. The number of carbonyl (C=O) groups excluding carboxylic acids is 1. The standard InChI is InChI=1S/C15H24N2O2/c1-4-13(11-16)15(18)17(2)9-8-12-6-5-7-14(10-12)19-3/h5-7,10,13H,4,8-9,11,16H2,1-3H3. The van der Waals surface area contributed by atoms with E-state index in [1.165, 1.54) is 5.56 Å². The van der Waals surface area contributed by atoms with Crippen LogP contribution < -0.4 is 10.5 Å². The molecule has 0 bridgehead atoms. The highest BCUT2D eigenvalue weighted by atomic mass is 16.5. The van der Waals surface area contributed by atoms with Gasteiger partial charge in [-0.3, -0.25) is 4.79 Å². The molecule has 0 aliphatic heterocycles. The van der Waals surface area contributed by atoms with Crippen LogP contribution in [0.2, 0.25) is 0 Å². The number of carbonyl (C=O) groups is 1. The summed E-state index contributed by atoms with van der Waals surface area (Å²) in [5.41, 5.74) is 6.77. The van der Waals surface area contributed by atoms with Crippen LogP contribution in [-0.4, -0.2) is 38.1 Å². The second kappa shape index (κ2) is 7.79. The van der Waals surface area contributed by atoms with Gasteiger partial charge in [-0.2, -0.15) is 0 Å². The minimum absolute atomic E-state index is 0.0599. The fourth-order valence-electron chi connectivity index (χ4n) is 1.99. The van der Waals surface area contributed by atoms with E-state index in [9.17, 15) is 4.79 Å². The summed E-state index contributed by atoms with van der Waals surface area (Å²) in [4.78, 5) is 13.8. The quantitative estimate of drug-likeness (QED) is 0.815. The van der Waals surface area contributed by atoms with Crippen LogP contribution in [0.5, 0.6) is 5.75 Å². The molecule has 4 heteroatoms. The number of methoxy groups -OCH3 is 1. The van der Waals surface area contributed by atoms with Crippen LogP contribution in [0, 0.1) is 5.92 Å². The number of nitrogens with zero attached hydrogens (tertiary/aromatic N) is 1. The zero-order chi connectivity index (χ0) is 14.3. The van der Waals surface area contributed by atoms with E-state index in [1.807, 2.05) is 38.2 Å². The van der Waals surface area contributed by atoms with Crippen molar-refractivity contribution in [2.45, 2.75) is 19.8 Å². The van der Waals surface area contributed by atoms with Gasteiger partial charge >= 0.3 is 0 Å². The highest BCUT2D eigenvalue weighted by Crippen LogP contribution is 2.13. The lowest BCUT2D eigenvalue weighted by molar-refractivity contribution is -0.133. The normalized spacial score (nSPS) is 12.0. The molecular formula is C15H24N2O2. The van der Waals surface area contributed by atoms with Gasteiger partial charge in [0.25, 0.3) is 0 Å². The van der Waals surface area contributed by atoms with Gasteiger partial charge < -0.3 is 15.4 Å². The Bertz CT molecular complexity index is 403. The highest BCUT2D eigenvalue weighted by Gasteiger charge is 2.18. The molecule has 1 atom stereocenters. The molecule has 1 rings (SSSR count). The smallest absolute Gasteiger partial charge is 0.226 e. The molecule has 4 nitrogen and oxygen atoms in total. The number of hydrogen-bond acceptors (Lipinski definition) is 3. The number of rotatable bonds is 7. The van der Waals surface area contributed by atoms with E-state index in [1.54, 1.807) is 12.0 Å². The molecule has 1 unspecified atom stereocenters. The van der Waals surface area contributed by atoms with Crippen LogP contribution in [0.4, 0.5) is 0 Å². The molecule has 2 N–H and O–H groups in total. The fraction of sp³-hybridized carbons (Fsp3) is 0.533. The molecule has 0 fully saturated rings. The van der Waals surface area contributed by atoms with Gasteiger partial charge in [0.05, 0.1) is 13.0 Å². The van der Waals surface area contributed by atoms with Gasteiger partial charge in [0, 0.05) is 20.1 Å². The first kappa shape index (κ1) is 15.5. The molecule has 106 valence electrons. The summed E-state index contributed by atoms with van der Waals surface area (Å²) in [6.07, 6.45) is 1.61. The molecule has 0 aliphatic rings. The maximum atomic E-state index is 12.1. The Labute approximate surface area is 115 Å². The van der Waals surface area contributed by atoms with Gasteiger partial charge in [-0.1, -0.05) is 19.1 Å². The van der Waals surface area contributed by atoms with Crippen LogP contribution in [-0.2, 0) is 11.2 Å².